The molecule has 1 N–H and O–H groups in total. The van der Waals surface area contributed by atoms with Gasteiger partial charge in [-0.05, 0) is 37.0 Å². The molecule has 1 aromatic rings. The third-order valence-corrected chi connectivity index (χ3v) is 2.64. The van der Waals surface area contributed by atoms with Crippen LogP contribution in [0.25, 0.3) is 0 Å². The summed E-state index contributed by atoms with van der Waals surface area (Å²) in [5.41, 5.74) is 1.28. The zero-order valence-corrected chi connectivity index (χ0v) is 11.3. The van der Waals surface area contributed by atoms with Crippen molar-refractivity contribution in [1.82, 2.24) is 0 Å². The molecule has 18 heavy (non-hydrogen) atoms. The highest BCUT2D eigenvalue weighted by Gasteiger charge is 2.21. The fraction of sp³-hybridized carbons (Fsp3) is 0.500. The second-order valence-electron chi connectivity index (χ2n) is 4.83. The van der Waals surface area contributed by atoms with Gasteiger partial charge in [0, 0.05) is 0 Å². The van der Waals surface area contributed by atoms with Gasteiger partial charge in [0.1, 0.15) is 11.9 Å². The maximum absolute atomic E-state index is 13.6. The van der Waals surface area contributed by atoms with Gasteiger partial charge >= 0.3 is 5.97 Å². The number of hydrogen-bond acceptors (Lipinski definition) is 3. The molecule has 0 fully saturated rings. The summed E-state index contributed by atoms with van der Waals surface area (Å²) in [5.74, 6) is -0.419. The van der Waals surface area contributed by atoms with Crippen LogP contribution in [0.1, 0.15) is 25.8 Å². The normalized spacial score (nSPS) is 12.3. The van der Waals surface area contributed by atoms with Gasteiger partial charge in [-0.15, -0.1) is 0 Å². The van der Waals surface area contributed by atoms with Crippen molar-refractivity contribution in [3.63, 3.8) is 0 Å². The lowest BCUT2D eigenvalue weighted by molar-refractivity contribution is -0.141. The Hall–Kier alpha value is -1.58. The maximum atomic E-state index is 13.6. The van der Waals surface area contributed by atoms with E-state index in [1.165, 1.54) is 13.2 Å². The van der Waals surface area contributed by atoms with Crippen LogP contribution in [0.4, 0.5) is 10.1 Å². The second-order valence-corrected chi connectivity index (χ2v) is 4.83. The number of carbonyl (C=O) groups is 1. The van der Waals surface area contributed by atoms with E-state index in [4.69, 9.17) is 4.74 Å². The predicted molar refractivity (Wildman–Crippen MR) is 70.0 cm³/mol. The van der Waals surface area contributed by atoms with Gasteiger partial charge in [-0.25, -0.2) is 9.18 Å². The molecular formula is C14H20FNO2. The Balaban J connectivity index is 2.88. The summed E-state index contributed by atoms with van der Waals surface area (Å²) < 4.78 is 18.4. The SMILES string of the molecule is COC(=O)[C@@H](CC(C)C)Nc1cc(C)ccc1F. The van der Waals surface area contributed by atoms with Crippen molar-refractivity contribution in [2.24, 2.45) is 5.92 Å². The van der Waals surface area contributed by atoms with E-state index in [0.717, 1.165) is 5.56 Å². The van der Waals surface area contributed by atoms with Gasteiger partial charge in [0.2, 0.25) is 0 Å². The molecule has 0 aliphatic carbocycles. The first-order valence-electron chi connectivity index (χ1n) is 6.04. The number of anilines is 1. The number of nitrogens with one attached hydrogen (secondary N) is 1. The Kier molecular flexibility index (Phi) is 5.13. The number of benzene rings is 1. The number of halogens is 1. The summed E-state index contributed by atoms with van der Waals surface area (Å²) in [4.78, 5) is 11.6. The summed E-state index contributed by atoms with van der Waals surface area (Å²) in [6.45, 7) is 5.88. The first kappa shape index (κ1) is 14.5. The molecule has 100 valence electrons. The zero-order valence-electron chi connectivity index (χ0n) is 11.3. The van der Waals surface area contributed by atoms with E-state index in [2.05, 4.69) is 5.32 Å². The molecule has 0 saturated heterocycles. The standard InChI is InChI=1S/C14H20FNO2/c1-9(2)7-13(14(17)18-4)16-12-8-10(3)5-6-11(12)15/h5-6,8-9,13,16H,7H2,1-4H3/t13-/m1/s1. The van der Waals surface area contributed by atoms with E-state index in [0.29, 0.717) is 18.0 Å². The molecule has 4 heteroatoms. The van der Waals surface area contributed by atoms with E-state index in [1.54, 1.807) is 12.1 Å². The third-order valence-electron chi connectivity index (χ3n) is 2.64. The van der Waals surface area contributed by atoms with Crippen molar-refractivity contribution in [2.45, 2.75) is 33.2 Å². The van der Waals surface area contributed by atoms with Gasteiger partial charge in [0.25, 0.3) is 0 Å². The molecule has 1 rings (SSSR count). The second kappa shape index (κ2) is 6.38. The number of carbonyl (C=O) groups excluding carboxylic acids is 1. The molecule has 0 heterocycles. The summed E-state index contributed by atoms with van der Waals surface area (Å²) >= 11 is 0. The number of aryl methyl sites for hydroxylation is 1. The molecule has 0 spiro atoms. The van der Waals surface area contributed by atoms with E-state index >= 15 is 0 Å². The Morgan fingerprint density at radius 1 is 1.44 bits per heavy atom. The largest absolute Gasteiger partial charge is 0.467 e. The van der Waals surface area contributed by atoms with Crippen molar-refractivity contribution in [1.29, 1.82) is 0 Å². The molecule has 0 aromatic heterocycles. The molecule has 0 saturated carbocycles. The minimum absolute atomic E-state index is 0.314. The van der Waals surface area contributed by atoms with Gasteiger partial charge in [-0.3, -0.25) is 0 Å². The lowest BCUT2D eigenvalue weighted by Gasteiger charge is -2.20. The summed E-state index contributed by atoms with van der Waals surface area (Å²) in [7, 11) is 1.34. The van der Waals surface area contributed by atoms with Crippen LogP contribution in [-0.4, -0.2) is 19.1 Å². The third kappa shape index (κ3) is 4.02. The Labute approximate surface area is 107 Å². The van der Waals surface area contributed by atoms with E-state index in [9.17, 15) is 9.18 Å². The van der Waals surface area contributed by atoms with E-state index in [-0.39, 0.29) is 11.8 Å². The van der Waals surface area contributed by atoms with Gasteiger partial charge in [0.15, 0.2) is 0 Å². The van der Waals surface area contributed by atoms with Crippen molar-refractivity contribution in [3.8, 4) is 0 Å². The number of rotatable bonds is 5. The topological polar surface area (TPSA) is 38.3 Å². The predicted octanol–water partition coefficient (Wildman–Crippen LogP) is 3.13. The minimum atomic E-state index is -0.522. The minimum Gasteiger partial charge on any atom is -0.467 e. The number of ether oxygens (including phenoxy) is 1. The Morgan fingerprint density at radius 3 is 2.67 bits per heavy atom. The van der Waals surface area contributed by atoms with E-state index in [1.807, 2.05) is 20.8 Å². The Morgan fingerprint density at radius 2 is 2.11 bits per heavy atom. The molecular weight excluding hydrogens is 233 g/mol. The van der Waals surface area contributed by atoms with Gasteiger partial charge < -0.3 is 10.1 Å². The van der Waals surface area contributed by atoms with Crippen molar-refractivity contribution >= 4 is 11.7 Å². The molecule has 0 unspecified atom stereocenters. The number of methoxy groups -OCH3 is 1. The highest BCUT2D eigenvalue weighted by molar-refractivity contribution is 5.79. The molecule has 0 amide bonds. The molecule has 3 nitrogen and oxygen atoms in total. The summed E-state index contributed by atoms with van der Waals surface area (Å²) in [6.07, 6.45) is 0.597. The number of hydrogen-bond donors (Lipinski definition) is 1. The Bertz CT molecular complexity index is 418. The average molecular weight is 253 g/mol. The van der Waals surface area contributed by atoms with Crippen molar-refractivity contribution < 1.29 is 13.9 Å². The van der Waals surface area contributed by atoms with Crippen LogP contribution in [0.5, 0.6) is 0 Å². The van der Waals surface area contributed by atoms with Crippen molar-refractivity contribution in [2.75, 3.05) is 12.4 Å². The van der Waals surface area contributed by atoms with Crippen LogP contribution in [0, 0.1) is 18.7 Å². The van der Waals surface area contributed by atoms with Gasteiger partial charge in [-0.1, -0.05) is 19.9 Å². The molecule has 0 bridgehead atoms. The fourth-order valence-corrected chi connectivity index (χ4v) is 1.77. The number of esters is 1. The van der Waals surface area contributed by atoms with Crippen LogP contribution >= 0.6 is 0 Å². The molecule has 0 aliphatic rings. The first-order chi connectivity index (χ1) is 8.43. The highest BCUT2D eigenvalue weighted by atomic mass is 19.1. The highest BCUT2D eigenvalue weighted by Crippen LogP contribution is 2.19. The first-order valence-corrected chi connectivity index (χ1v) is 6.04. The van der Waals surface area contributed by atoms with Crippen LogP contribution < -0.4 is 5.32 Å². The fourth-order valence-electron chi connectivity index (χ4n) is 1.77. The maximum Gasteiger partial charge on any atom is 0.328 e. The zero-order chi connectivity index (χ0) is 13.7. The molecule has 1 atom stereocenters. The van der Waals surface area contributed by atoms with Gasteiger partial charge in [0.05, 0.1) is 12.8 Å². The lowest BCUT2D eigenvalue weighted by Crippen LogP contribution is -2.32. The van der Waals surface area contributed by atoms with E-state index < -0.39 is 6.04 Å². The molecule has 0 aliphatic heterocycles. The molecule has 0 radical (unpaired) electrons. The quantitative estimate of drug-likeness (QED) is 0.819. The van der Waals surface area contributed by atoms with Crippen LogP contribution in [-0.2, 0) is 9.53 Å². The monoisotopic (exact) mass is 253 g/mol. The smallest absolute Gasteiger partial charge is 0.328 e. The average Bonchev–Trinajstić information content (AvgIpc) is 2.31. The van der Waals surface area contributed by atoms with Gasteiger partial charge in [-0.2, -0.15) is 0 Å². The lowest BCUT2D eigenvalue weighted by atomic mass is 10.0. The summed E-state index contributed by atoms with van der Waals surface area (Å²) in [5, 5.41) is 2.92. The molecule has 1 aromatic carbocycles. The van der Waals surface area contributed by atoms with Crippen LogP contribution in [0.3, 0.4) is 0 Å². The van der Waals surface area contributed by atoms with Crippen molar-refractivity contribution in [3.05, 3.63) is 29.6 Å². The van der Waals surface area contributed by atoms with Crippen LogP contribution in [0.2, 0.25) is 0 Å². The summed E-state index contributed by atoms with van der Waals surface area (Å²) in [6, 6.07) is 4.25. The van der Waals surface area contributed by atoms with Crippen LogP contribution in [0.15, 0.2) is 18.2 Å².